The van der Waals surface area contributed by atoms with E-state index in [2.05, 4.69) is 98.9 Å². The topological polar surface area (TPSA) is 69.2 Å². The number of imidazole rings is 1. The molecule has 192 valence electrons. The van der Waals surface area contributed by atoms with E-state index in [-0.39, 0.29) is 0 Å². The van der Waals surface area contributed by atoms with Gasteiger partial charge in [-0.3, -0.25) is 14.9 Å². The molecule has 2 atom stereocenters. The highest BCUT2D eigenvalue weighted by atomic mass is 15.2. The van der Waals surface area contributed by atoms with Gasteiger partial charge in [-0.25, -0.2) is 4.98 Å². The van der Waals surface area contributed by atoms with Crippen LogP contribution in [-0.2, 0) is 26.2 Å². The van der Waals surface area contributed by atoms with Crippen LogP contribution in [0.1, 0.15) is 41.1 Å². The number of para-hydroxylation sites is 2. The number of allylic oxidation sites excluding steroid dienone is 1. The van der Waals surface area contributed by atoms with Crippen LogP contribution in [0.4, 0.5) is 0 Å². The number of rotatable bonds is 9. The van der Waals surface area contributed by atoms with Gasteiger partial charge in [0.1, 0.15) is 5.82 Å². The summed E-state index contributed by atoms with van der Waals surface area (Å²) in [6.45, 7) is 5.35. The Morgan fingerprint density at radius 1 is 0.947 bits per heavy atom. The number of dihydropyridines is 1. The van der Waals surface area contributed by atoms with E-state index in [9.17, 15) is 0 Å². The standard InChI is InChI=1S/C32H34N6/c1-23-27(7-5-16-34-23)20-33-19-24-10-12-25(13-11-24)21-38(22-32-36-30-8-2-3-9-31(30)37-32)28-14-15-29-26(18-28)6-4-17-35-29/h2-13,16-18,28-29,33H,14-15,19-22H2,1H3,(H,36,37). The van der Waals surface area contributed by atoms with Crippen LogP contribution in [0.15, 0.2) is 95.7 Å². The van der Waals surface area contributed by atoms with Crippen molar-refractivity contribution in [2.45, 2.75) is 58.0 Å². The third-order valence-corrected chi connectivity index (χ3v) is 7.58. The van der Waals surface area contributed by atoms with E-state index in [1.54, 1.807) is 0 Å². The van der Waals surface area contributed by atoms with Crippen molar-refractivity contribution in [1.29, 1.82) is 0 Å². The molecule has 0 radical (unpaired) electrons. The molecule has 2 aromatic carbocycles. The van der Waals surface area contributed by atoms with Gasteiger partial charge in [0.25, 0.3) is 0 Å². The number of benzene rings is 2. The number of fused-ring (bicyclic) bond motifs is 2. The summed E-state index contributed by atoms with van der Waals surface area (Å²) in [5, 5.41) is 3.55. The predicted molar refractivity (Wildman–Crippen MR) is 154 cm³/mol. The highest BCUT2D eigenvalue weighted by molar-refractivity contribution is 5.75. The van der Waals surface area contributed by atoms with Gasteiger partial charge >= 0.3 is 0 Å². The minimum absolute atomic E-state index is 0.312. The van der Waals surface area contributed by atoms with Crippen LogP contribution in [0.5, 0.6) is 0 Å². The maximum absolute atomic E-state index is 4.88. The minimum atomic E-state index is 0.312. The fraction of sp³-hybridized carbons (Fsp3) is 0.281. The number of hydrogen-bond acceptors (Lipinski definition) is 5. The molecular formula is C32H34N6. The average Bonchev–Trinajstić information content (AvgIpc) is 3.37. The van der Waals surface area contributed by atoms with Gasteiger partial charge in [-0.05, 0) is 66.3 Å². The van der Waals surface area contributed by atoms with E-state index < -0.39 is 0 Å². The first kappa shape index (κ1) is 24.5. The normalized spacial score (nSPS) is 18.6. The Bertz CT molecular complexity index is 1450. The number of nitrogens with zero attached hydrogens (tertiary/aromatic N) is 4. The first-order chi connectivity index (χ1) is 18.7. The zero-order chi connectivity index (χ0) is 25.7. The van der Waals surface area contributed by atoms with Crippen LogP contribution >= 0.6 is 0 Å². The van der Waals surface area contributed by atoms with Crippen molar-refractivity contribution in [2.75, 3.05) is 0 Å². The van der Waals surface area contributed by atoms with E-state index in [1.807, 2.05) is 24.5 Å². The molecule has 2 aromatic heterocycles. The van der Waals surface area contributed by atoms with Gasteiger partial charge in [0.15, 0.2) is 0 Å². The van der Waals surface area contributed by atoms with Crippen LogP contribution in [0, 0.1) is 6.92 Å². The molecule has 1 aliphatic heterocycles. The van der Waals surface area contributed by atoms with E-state index in [0.717, 1.165) is 61.6 Å². The smallest absolute Gasteiger partial charge is 0.121 e. The number of H-pyrrole nitrogens is 1. The lowest BCUT2D eigenvalue weighted by Crippen LogP contribution is -2.37. The summed E-state index contributed by atoms with van der Waals surface area (Å²) in [5.74, 6) is 1.01. The quantitative estimate of drug-likeness (QED) is 0.310. The molecule has 0 saturated carbocycles. The zero-order valence-corrected chi connectivity index (χ0v) is 21.8. The molecule has 1 aliphatic carbocycles. The summed E-state index contributed by atoms with van der Waals surface area (Å²) in [7, 11) is 0. The number of aromatic amines is 1. The van der Waals surface area contributed by atoms with E-state index in [4.69, 9.17) is 4.98 Å². The van der Waals surface area contributed by atoms with Crippen LogP contribution in [0.2, 0.25) is 0 Å². The van der Waals surface area contributed by atoms with Gasteiger partial charge in [-0.1, -0.05) is 54.6 Å². The monoisotopic (exact) mass is 502 g/mol. The average molecular weight is 503 g/mol. The summed E-state index contributed by atoms with van der Waals surface area (Å²) < 4.78 is 0. The highest BCUT2D eigenvalue weighted by Gasteiger charge is 2.26. The molecular weight excluding hydrogens is 468 g/mol. The second-order valence-electron chi connectivity index (χ2n) is 10.3. The number of aromatic nitrogens is 3. The molecule has 2 N–H and O–H groups in total. The molecule has 0 bridgehead atoms. The van der Waals surface area contributed by atoms with Gasteiger partial charge in [0, 0.05) is 43.8 Å². The second kappa shape index (κ2) is 11.3. The molecule has 0 spiro atoms. The second-order valence-corrected chi connectivity index (χ2v) is 10.3. The molecule has 3 heterocycles. The summed E-state index contributed by atoms with van der Waals surface area (Å²) in [6, 6.07) is 22.1. The minimum Gasteiger partial charge on any atom is -0.341 e. The zero-order valence-electron chi connectivity index (χ0n) is 21.8. The van der Waals surface area contributed by atoms with Crippen molar-refractivity contribution < 1.29 is 0 Å². The first-order valence-corrected chi connectivity index (χ1v) is 13.5. The van der Waals surface area contributed by atoms with Gasteiger partial charge < -0.3 is 10.3 Å². The fourth-order valence-electron chi connectivity index (χ4n) is 5.44. The molecule has 6 heteroatoms. The van der Waals surface area contributed by atoms with Crippen LogP contribution in [0.25, 0.3) is 11.0 Å². The van der Waals surface area contributed by atoms with Crippen molar-refractivity contribution >= 4 is 17.2 Å². The van der Waals surface area contributed by atoms with Gasteiger partial charge in [0.2, 0.25) is 0 Å². The van der Waals surface area contributed by atoms with Crippen molar-refractivity contribution in [3.8, 4) is 0 Å². The molecule has 6 nitrogen and oxygen atoms in total. The maximum Gasteiger partial charge on any atom is 0.121 e. The third kappa shape index (κ3) is 5.67. The summed E-state index contributed by atoms with van der Waals surface area (Å²) in [6.07, 6.45) is 12.6. The Balaban J connectivity index is 1.16. The Labute approximate surface area is 224 Å². The molecule has 6 rings (SSSR count). The van der Waals surface area contributed by atoms with E-state index >= 15 is 0 Å². The highest BCUT2D eigenvalue weighted by Crippen LogP contribution is 2.29. The Hall–Kier alpha value is -3.87. The molecule has 38 heavy (non-hydrogen) atoms. The van der Waals surface area contributed by atoms with Gasteiger partial charge in [-0.2, -0.15) is 0 Å². The number of pyridine rings is 1. The summed E-state index contributed by atoms with van der Waals surface area (Å²) >= 11 is 0. The first-order valence-electron chi connectivity index (χ1n) is 13.5. The fourth-order valence-corrected chi connectivity index (χ4v) is 5.44. The van der Waals surface area contributed by atoms with E-state index in [0.29, 0.717) is 12.1 Å². The summed E-state index contributed by atoms with van der Waals surface area (Å²) in [4.78, 5) is 20.0. The lowest BCUT2D eigenvalue weighted by molar-refractivity contribution is 0.188. The molecule has 2 unspecified atom stereocenters. The van der Waals surface area contributed by atoms with E-state index in [1.165, 1.54) is 22.3 Å². The summed E-state index contributed by atoms with van der Waals surface area (Å²) in [5.41, 5.74) is 8.37. The largest absolute Gasteiger partial charge is 0.341 e. The molecule has 0 saturated heterocycles. The van der Waals surface area contributed by atoms with Crippen molar-refractivity contribution in [3.05, 3.63) is 119 Å². The molecule has 0 fully saturated rings. The molecule has 0 amide bonds. The number of aliphatic imine (C=N–C) groups is 1. The van der Waals surface area contributed by atoms with Crippen molar-refractivity contribution in [3.63, 3.8) is 0 Å². The molecule has 2 aliphatic rings. The molecule has 4 aromatic rings. The third-order valence-electron chi connectivity index (χ3n) is 7.58. The number of hydrogen-bond donors (Lipinski definition) is 2. The van der Waals surface area contributed by atoms with Crippen LogP contribution in [0.3, 0.4) is 0 Å². The lowest BCUT2D eigenvalue weighted by Gasteiger charge is -2.34. The van der Waals surface area contributed by atoms with Crippen molar-refractivity contribution in [2.24, 2.45) is 4.99 Å². The predicted octanol–water partition coefficient (Wildman–Crippen LogP) is 5.66. The lowest BCUT2D eigenvalue weighted by atomic mass is 9.89. The Kier molecular flexibility index (Phi) is 7.25. The Morgan fingerprint density at radius 2 is 1.82 bits per heavy atom. The van der Waals surface area contributed by atoms with Gasteiger partial charge in [0.05, 0.1) is 23.6 Å². The number of aryl methyl sites for hydroxylation is 1. The SMILES string of the molecule is Cc1ncccc1CNCc1ccc(CN(Cc2nc3ccccc3[nH]2)C2C=C3C=CC=NC3CC2)cc1. The Morgan fingerprint density at radius 3 is 2.68 bits per heavy atom. The number of nitrogens with one attached hydrogen (secondary N) is 2. The van der Waals surface area contributed by atoms with Crippen LogP contribution < -0.4 is 5.32 Å². The maximum atomic E-state index is 4.88. The van der Waals surface area contributed by atoms with Gasteiger partial charge in [-0.15, -0.1) is 0 Å². The van der Waals surface area contributed by atoms with Crippen molar-refractivity contribution in [1.82, 2.24) is 25.2 Å². The van der Waals surface area contributed by atoms with Crippen LogP contribution in [-0.4, -0.2) is 38.2 Å².